The van der Waals surface area contributed by atoms with Crippen molar-refractivity contribution in [2.24, 2.45) is 0 Å². The van der Waals surface area contributed by atoms with Crippen LogP contribution < -0.4 is 20.4 Å². The topological polar surface area (TPSA) is 195 Å². The summed E-state index contributed by atoms with van der Waals surface area (Å²) in [5.74, 6) is -5.24. The van der Waals surface area contributed by atoms with Gasteiger partial charge < -0.3 is 39.6 Å². The first-order valence-corrected chi connectivity index (χ1v) is 7.58. The molecule has 0 radical (unpaired) electrons. The molecule has 0 amide bonds. The average molecular weight is 495 g/mol. The van der Waals surface area contributed by atoms with E-state index in [1.807, 2.05) is 13.8 Å². The fourth-order valence-electron chi connectivity index (χ4n) is 1.06. The Balaban J connectivity index is -0.0000000843. The number of Topliss-reactive ketones (excluding diaryl/α,β-unsaturated/α-hetero) is 2. The van der Waals surface area contributed by atoms with Crippen LogP contribution in [-0.4, -0.2) is 59.4 Å². The maximum absolute atomic E-state index is 10.4. The van der Waals surface area contributed by atoms with Crippen LogP contribution in [0.15, 0.2) is 0 Å². The van der Waals surface area contributed by atoms with Crippen molar-refractivity contribution in [2.45, 2.75) is 66.2 Å². The van der Waals surface area contributed by atoms with Gasteiger partial charge in [-0.25, -0.2) is 0 Å². The third kappa shape index (κ3) is 80.6. The van der Waals surface area contributed by atoms with Crippen molar-refractivity contribution in [3.8, 4) is 0 Å². The Morgan fingerprint density at radius 2 is 0.778 bits per heavy atom. The first-order valence-electron chi connectivity index (χ1n) is 7.58. The van der Waals surface area contributed by atoms with E-state index in [0.29, 0.717) is 25.7 Å². The fourth-order valence-corrected chi connectivity index (χ4v) is 1.06. The summed E-state index contributed by atoms with van der Waals surface area (Å²) in [6.45, 7) is 5.60. The molecular formula is C16H24O10Sn. The van der Waals surface area contributed by atoms with Gasteiger partial charge in [0.05, 0.1) is 0 Å². The van der Waals surface area contributed by atoms with E-state index < -0.39 is 36.7 Å². The van der Waals surface area contributed by atoms with Crippen molar-refractivity contribution in [1.29, 1.82) is 0 Å². The van der Waals surface area contributed by atoms with E-state index in [9.17, 15) is 29.4 Å². The second-order valence-electron chi connectivity index (χ2n) is 4.66. The fraction of sp³-hybridized carbons (Fsp3) is 0.625. The molecular weight excluding hydrogens is 471 g/mol. The molecule has 0 aromatic heterocycles. The van der Waals surface area contributed by atoms with Crippen LogP contribution in [0.25, 0.3) is 0 Å². The molecule has 27 heavy (non-hydrogen) atoms. The molecule has 0 aliphatic heterocycles. The van der Waals surface area contributed by atoms with Crippen molar-refractivity contribution >= 4 is 59.4 Å². The molecule has 0 N–H and O–H groups in total. The van der Waals surface area contributed by atoms with Gasteiger partial charge in [-0.3, -0.25) is 9.59 Å². The smallest absolute Gasteiger partial charge is 0.550 e. The molecule has 11 heteroatoms. The zero-order chi connectivity index (χ0) is 21.7. The summed E-state index contributed by atoms with van der Waals surface area (Å²) < 4.78 is 0. The largest absolute Gasteiger partial charge is 4.00 e. The van der Waals surface area contributed by atoms with Crippen molar-refractivity contribution in [3.63, 3.8) is 0 Å². The van der Waals surface area contributed by atoms with E-state index in [4.69, 9.17) is 19.8 Å². The molecule has 0 aromatic carbocycles. The van der Waals surface area contributed by atoms with Crippen LogP contribution in [0, 0.1) is 0 Å². The van der Waals surface area contributed by atoms with Gasteiger partial charge in [0.15, 0.2) is 0 Å². The number of carboxylic acid groups (broad SMARTS) is 4. The van der Waals surface area contributed by atoms with Gasteiger partial charge in [0.2, 0.25) is 0 Å². The molecule has 0 heterocycles. The molecule has 0 rings (SSSR count). The second kappa shape index (κ2) is 26.2. The van der Waals surface area contributed by atoms with E-state index in [0.717, 1.165) is 13.8 Å². The minimum Gasteiger partial charge on any atom is -0.550 e. The Morgan fingerprint density at radius 1 is 0.593 bits per heavy atom. The Bertz CT molecular complexity index is 410. The molecule has 0 bridgehead atoms. The normalized spacial score (nSPS) is 7.85. The minimum atomic E-state index is -1.28. The summed E-state index contributed by atoms with van der Waals surface area (Å²) in [6.07, 6.45) is 1.21. The van der Waals surface area contributed by atoms with Gasteiger partial charge in [0, 0.05) is 49.6 Å². The molecule has 10 nitrogen and oxygen atoms in total. The third-order valence-electron chi connectivity index (χ3n) is 1.74. The van der Waals surface area contributed by atoms with Gasteiger partial charge in [0.1, 0.15) is 11.6 Å². The van der Waals surface area contributed by atoms with Gasteiger partial charge in [-0.2, -0.15) is 0 Å². The number of carbonyl (C=O) groups is 6. The van der Waals surface area contributed by atoms with Gasteiger partial charge in [-0.1, -0.05) is 13.8 Å². The summed E-state index contributed by atoms with van der Waals surface area (Å²) in [7, 11) is 0. The second-order valence-corrected chi connectivity index (χ2v) is 4.66. The van der Waals surface area contributed by atoms with Crippen molar-refractivity contribution < 1.29 is 49.2 Å². The van der Waals surface area contributed by atoms with Gasteiger partial charge in [0.25, 0.3) is 0 Å². The van der Waals surface area contributed by atoms with Crippen molar-refractivity contribution in [2.75, 3.05) is 0 Å². The first kappa shape index (κ1) is 36.0. The summed E-state index contributed by atoms with van der Waals surface area (Å²) >= 11 is 0. The number of carbonyl (C=O) groups excluding carboxylic acids is 6. The van der Waals surface area contributed by atoms with Gasteiger partial charge >= 0.3 is 23.9 Å². The number of rotatable bonds is 8. The molecule has 0 saturated heterocycles. The van der Waals surface area contributed by atoms with Crippen molar-refractivity contribution in [3.05, 3.63) is 0 Å². The molecule has 0 aromatic rings. The number of aliphatic carboxylic acids is 4. The quantitative estimate of drug-likeness (QED) is 0.237. The molecule has 0 saturated carbocycles. The number of hydrogen-bond acceptors (Lipinski definition) is 10. The summed E-state index contributed by atoms with van der Waals surface area (Å²) in [6, 6.07) is 0. The van der Waals surface area contributed by atoms with Gasteiger partial charge in [-0.05, 0) is 26.7 Å². The van der Waals surface area contributed by atoms with E-state index in [1.165, 1.54) is 0 Å². The SMILES string of the molecule is CC(=O)[O-].CC(=O)[O-].CCCC(=O)CC(=O)[O-].CCCC(=O)CC(=O)[O-].[Sn+4]. The first-order chi connectivity index (χ1) is 11.8. The number of carboxylic acids is 4. The zero-order valence-corrected chi connectivity index (χ0v) is 18.7. The summed E-state index contributed by atoms with van der Waals surface area (Å²) in [5.41, 5.74) is 0. The molecule has 0 atom stereocenters. The van der Waals surface area contributed by atoms with E-state index in [1.54, 1.807) is 0 Å². The summed E-state index contributed by atoms with van der Waals surface area (Å²) in [5, 5.41) is 37.3. The van der Waals surface area contributed by atoms with Crippen LogP contribution in [0.3, 0.4) is 0 Å². The Kier molecular flexibility index (Phi) is 35.0. The molecule has 0 aliphatic rings. The van der Waals surface area contributed by atoms with E-state index >= 15 is 0 Å². The van der Waals surface area contributed by atoms with E-state index in [-0.39, 0.29) is 35.5 Å². The maximum Gasteiger partial charge on any atom is 4.00 e. The van der Waals surface area contributed by atoms with Crippen LogP contribution in [-0.2, 0) is 28.8 Å². The third-order valence-corrected chi connectivity index (χ3v) is 1.74. The Labute approximate surface area is 174 Å². The monoisotopic (exact) mass is 496 g/mol. The maximum atomic E-state index is 10.4. The minimum absolute atomic E-state index is 0. The average Bonchev–Trinajstić information content (AvgIpc) is 2.36. The van der Waals surface area contributed by atoms with Crippen LogP contribution in [0.5, 0.6) is 0 Å². The molecule has 0 spiro atoms. The van der Waals surface area contributed by atoms with Crippen LogP contribution >= 0.6 is 0 Å². The van der Waals surface area contributed by atoms with Crippen LogP contribution in [0.4, 0.5) is 0 Å². The predicted molar refractivity (Wildman–Crippen MR) is 86.2 cm³/mol. The Morgan fingerprint density at radius 3 is 0.889 bits per heavy atom. The van der Waals surface area contributed by atoms with Gasteiger partial charge in [-0.15, -0.1) is 0 Å². The molecule has 0 fully saturated rings. The summed E-state index contributed by atoms with van der Waals surface area (Å²) in [4.78, 5) is 58.1. The standard InChI is InChI=1S/2C6H10O3.2C2H4O2.Sn/c2*1-2-3-5(7)4-6(8)9;2*1-2(3)4;/h2*2-4H2,1H3,(H,8,9);2*1H3,(H,3,4);/q;;;;+4/p-4. The van der Waals surface area contributed by atoms with E-state index in [2.05, 4.69) is 0 Å². The Hall–Kier alpha value is -1.98. The molecule has 0 unspecified atom stereocenters. The predicted octanol–water partition coefficient (Wildman–Crippen LogP) is -3.88. The van der Waals surface area contributed by atoms with Crippen LogP contribution in [0.2, 0.25) is 0 Å². The molecule has 152 valence electrons. The number of ketones is 2. The van der Waals surface area contributed by atoms with Crippen LogP contribution in [0.1, 0.15) is 66.2 Å². The number of hydrogen-bond donors (Lipinski definition) is 0. The zero-order valence-electron chi connectivity index (χ0n) is 15.8. The van der Waals surface area contributed by atoms with Crippen molar-refractivity contribution in [1.82, 2.24) is 0 Å². The molecule has 0 aliphatic carbocycles.